The van der Waals surface area contributed by atoms with Gasteiger partial charge in [0.15, 0.2) is 0 Å². The molecule has 0 unspecified atom stereocenters. The van der Waals surface area contributed by atoms with Crippen molar-refractivity contribution in [1.29, 1.82) is 0 Å². The molecule has 0 radical (unpaired) electrons. The third-order valence-electron chi connectivity index (χ3n) is 1.48. The van der Waals surface area contributed by atoms with Gasteiger partial charge in [0.1, 0.15) is 0 Å². The summed E-state index contributed by atoms with van der Waals surface area (Å²) >= 11 is 5.39. The van der Waals surface area contributed by atoms with Crippen LogP contribution < -0.4 is 11.5 Å². The maximum Gasteiger partial charge on any atom is 0.418 e. The minimum absolute atomic E-state index is 0.0842. The molecule has 1 aromatic carbocycles. The van der Waals surface area contributed by atoms with E-state index in [0.29, 0.717) is 0 Å². The van der Waals surface area contributed by atoms with Crippen LogP contribution in [0.2, 0.25) is 5.02 Å². The fourth-order valence-corrected chi connectivity index (χ4v) is 1.10. The zero-order valence-electron chi connectivity index (χ0n) is 6.32. The van der Waals surface area contributed by atoms with Crippen molar-refractivity contribution in [3.05, 3.63) is 22.7 Å². The van der Waals surface area contributed by atoms with Crippen LogP contribution in [0.15, 0.2) is 12.1 Å². The first kappa shape index (κ1) is 9.98. The molecule has 6 heteroatoms. The maximum atomic E-state index is 12.2. The smallest absolute Gasteiger partial charge is 0.397 e. The van der Waals surface area contributed by atoms with E-state index in [9.17, 15) is 13.2 Å². The normalized spacial score (nSPS) is 11.7. The highest BCUT2D eigenvalue weighted by molar-refractivity contribution is 6.31. The molecular formula is C7H6ClF3N2. The van der Waals surface area contributed by atoms with Crippen LogP contribution in [0.5, 0.6) is 0 Å². The molecule has 0 heterocycles. The predicted molar refractivity (Wildman–Crippen MR) is 45.3 cm³/mol. The largest absolute Gasteiger partial charge is 0.418 e. The SMILES string of the molecule is Nc1cc(Cl)cc(C(F)(F)F)c1N. The average Bonchev–Trinajstić information content (AvgIpc) is 1.94. The number of alkyl halides is 3. The molecule has 2 nitrogen and oxygen atoms in total. The first-order valence-electron chi connectivity index (χ1n) is 3.24. The summed E-state index contributed by atoms with van der Waals surface area (Å²) in [7, 11) is 0. The lowest BCUT2D eigenvalue weighted by Gasteiger charge is -2.11. The maximum absolute atomic E-state index is 12.2. The molecule has 0 fully saturated rings. The van der Waals surface area contributed by atoms with Crippen LogP contribution in [-0.4, -0.2) is 0 Å². The van der Waals surface area contributed by atoms with Crippen LogP contribution >= 0.6 is 11.6 Å². The standard InChI is InChI=1S/C7H6ClF3N2/c8-3-1-4(7(9,10)11)6(13)5(12)2-3/h1-2H,12-13H2. The van der Waals surface area contributed by atoms with Crippen molar-refractivity contribution in [1.82, 2.24) is 0 Å². The van der Waals surface area contributed by atoms with Crippen LogP contribution in [0, 0.1) is 0 Å². The van der Waals surface area contributed by atoms with Gasteiger partial charge in [-0.05, 0) is 12.1 Å². The molecule has 0 atom stereocenters. The van der Waals surface area contributed by atoms with Gasteiger partial charge in [0.2, 0.25) is 0 Å². The van der Waals surface area contributed by atoms with Crippen LogP contribution in [0.3, 0.4) is 0 Å². The molecule has 13 heavy (non-hydrogen) atoms. The number of anilines is 2. The van der Waals surface area contributed by atoms with E-state index in [2.05, 4.69) is 0 Å². The molecule has 4 N–H and O–H groups in total. The van der Waals surface area contributed by atoms with Crippen molar-refractivity contribution >= 4 is 23.0 Å². The molecule has 0 aliphatic carbocycles. The zero-order chi connectivity index (χ0) is 10.2. The summed E-state index contributed by atoms with van der Waals surface area (Å²) in [4.78, 5) is 0. The number of rotatable bonds is 0. The van der Waals surface area contributed by atoms with E-state index in [1.807, 2.05) is 0 Å². The van der Waals surface area contributed by atoms with Gasteiger partial charge in [-0.15, -0.1) is 0 Å². The molecule has 0 saturated heterocycles. The summed E-state index contributed by atoms with van der Waals surface area (Å²) in [5.41, 5.74) is 8.68. The lowest BCUT2D eigenvalue weighted by molar-refractivity contribution is -0.136. The topological polar surface area (TPSA) is 52.0 Å². The molecule has 1 rings (SSSR count). The Kier molecular flexibility index (Phi) is 2.30. The van der Waals surface area contributed by atoms with Gasteiger partial charge in [-0.3, -0.25) is 0 Å². The van der Waals surface area contributed by atoms with E-state index in [1.54, 1.807) is 0 Å². The van der Waals surface area contributed by atoms with Crippen molar-refractivity contribution < 1.29 is 13.2 Å². The van der Waals surface area contributed by atoms with Gasteiger partial charge >= 0.3 is 6.18 Å². The molecule has 1 aromatic rings. The molecule has 72 valence electrons. The van der Waals surface area contributed by atoms with Crippen molar-refractivity contribution in [2.24, 2.45) is 0 Å². The summed E-state index contributed by atoms with van der Waals surface area (Å²) in [6, 6.07) is 1.92. The molecule has 0 aliphatic rings. The molecule has 0 spiro atoms. The predicted octanol–water partition coefficient (Wildman–Crippen LogP) is 2.52. The number of halogens is 4. The number of hydrogen-bond acceptors (Lipinski definition) is 2. The summed E-state index contributed by atoms with van der Waals surface area (Å²) < 4.78 is 36.6. The second-order valence-electron chi connectivity index (χ2n) is 2.45. The zero-order valence-corrected chi connectivity index (χ0v) is 7.08. The van der Waals surface area contributed by atoms with E-state index >= 15 is 0 Å². The number of hydrogen-bond donors (Lipinski definition) is 2. The lowest BCUT2D eigenvalue weighted by Crippen LogP contribution is -2.10. The van der Waals surface area contributed by atoms with E-state index in [-0.39, 0.29) is 10.7 Å². The number of nitrogen functional groups attached to an aromatic ring is 2. The Morgan fingerprint density at radius 3 is 2.15 bits per heavy atom. The Morgan fingerprint density at radius 2 is 1.69 bits per heavy atom. The van der Waals surface area contributed by atoms with Gasteiger partial charge in [-0.2, -0.15) is 13.2 Å². The van der Waals surface area contributed by atoms with Crippen molar-refractivity contribution in [3.63, 3.8) is 0 Å². The van der Waals surface area contributed by atoms with E-state index in [0.717, 1.165) is 6.07 Å². The average molecular weight is 211 g/mol. The van der Waals surface area contributed by atoms with E-state index in [1.165, 1.54) is 6.07 Å². The van der Waals surface area contributed by atoms with Gasteiger partial charge in [-0.25, -0.2) is 0 Å². The van der Waals surface area contributed by atoms with Gasteiger partial charge < -0.3 is 11.5 Å². The second-order valence-corrected chi connectivity index (χ2v) is 2.89. The molecular weight excluding hydrogens is 205 g/mol. The summed E-state index contributed by atoms with van der Waals surface area (Å²) in [6.07, 6.45) is -4.52. The number of benzene rings is 1. The fourth-order valence-electron chi connectivity index (χ4n) is 0.874. The Morgan fingerprint density at radius 1 is 1.15 bits per heavy atom. The summed E-state index contributed by atoms with van der Waals surface area (Å²) in [6.45, 7) is 0. The Bertz CT molecular complexity index is 335. The van der Waals surface area contributed by atoms with Crippen molar-refractivity contribution in [2.45, 2.75) is 6.18 Å². The van der Waals surface area contributed by atoms with Crippen molar-refractivity contribution in [3.8, 4) is 0 Å². The minimum Gasteiger partial charge on any atom is -0.397 e. The Hall–Kier alpha value is -1.10. The molecule has 0 bridgehead atoms. The minimum atomic E-state index is -4.52. The quantitative estimate of drug-likeness (QED) is 0.647. The van der Waals surface area contributed by atoms with Crippen LogP contribution in [0.4, 0.5) is 24.5 Å². The molecule has 0 amide bonds. The third-order valence-corrected chi connectivity index (χ3v) is 1.70. The first-order chi connectivity index (χ1) is 5.82. The first-order valence-corrected chi connectivity index (χ1v) is 3.62. The van der Waals surface area contributed by atoms with E-state index < -0.39 is 17.4 Å². The van der Waals surface area contributed by atoms with Gasteiger partial charge in [-0.1, -0.05) is 11.6 Å². The van der Waals surface area contributed by atoms with Crippen LogP contribution in [-0.2, 0) is 6.18 Å². The Balaban J connectivity index is 3.37. The van der Waals surface area contributed by atoms with Gasteiger partial charge in [0.25, 0.3) is 0 Å². The Labute approximate surface area is 77.3 Å². The van der Waals surface area contributed by atoms with Crippen LogP contribution in [0.25, 0.3) is 0 Å². The molecule has 0 aromatic heterocycles. The molecule has 0 aliphatic heterocycles. The summed E-state index contributed by atoms with van der Waals surface area (Å²) in [5, 5.41) is -0.0842. The van der Waals surface area contributed by atoms with Gasteiger partial charge in [0, 0.05) is 5.02 Å². The fraction of sp³-hybridized carbons (Fsp3) is 0.143. The summed E-state index contributed by atoms with van der Waals surface area (Å²) in [5.74, 6) is 0. The highest BCUT2D eigenvalue weighted by Crippen LogP contribution is 2.37. The highest BCUT2D eigenvalue weighted by Gasteiger charge is 2.33. The van der Waals surface area contributed by atoms with Crippen LogP contribution in [0.1, 0.15) is 5.56 Å². The highest BCUT2D eigenvalue weighted by atomic mass is 35.5. The second kappa shape index (κ2) is 2.99. The third kappa shape index (κ3) is 1.98. The monoisotopic (exact) mass is 210 g/mol. The van der Waals surface area contributed by atoms with Gasteiger partial charge in [0.05, 0.1) is 16.9 Å². The van der Waals surface area contributed by atoms with Crippen molar-refractivity contribution in [2.75, 3.05) is 11.5 Å². The molecule has 0 saturated carbocycles. The van der Waals surface area contributed by atoms with E-state index in [4.69, 9.17) is 23.1 Å². The number of nitrogens with two attached hydrogens (primary N) is 2. The lowest BCUT2D eigenvalue weighted by atomic mass is 10.1.